The first-order valence-electron chi connectivity index (χ1n) is 11.0. The molecule has 1 saturated heterocycles. The van der Waals surface area contributed by atoms with Crippen LogP contribution in [0.15, 0.2) is 42.5 Å². The Morgan fingerprint density at radius 1 is 1.12 bits per heavy atom. The maximum atomic E-state index is 13.0. The number of rotatable bonds is 6. The number of piperidine rings is 1. The summed E-state index contributed by atoms with van der Waals surface area (Å²) in [6.07, 6.45) is 2.34. The van der Waals surface area contributed by atoms with Crippen LogP contribution in [0.2, 0.25) is 0 Å². The Bertz CT molecular complexity index is 1150. The molecule has 172 valence electrons. The molecule has 0 aliphatic carbocycles. The second-order valence-corrected chi connectivity index (χ2v) is 9.48. The molecular weight excluding hydrogens is 438 g/mol. The number of hydrogen-bond donors (Lipinski definition) is 2. The van der Waals surface area contributed by atoms with E-state index in [0.29, 0.717) is 33.1 Å². The fraction of sp³-hybridized carbons (Fsp3) is 0.333. The summed E-state index contributed by atoms with van der Waals surface area (Å²) in [5.41, 5.74) is 8.68. The highest BCUT2D eigenvalue weighted by Crippen LogP contribution is 2.35. The third kappa shape index (κ3) is 4.46. The second-order valence-electron chi connectivity index (χ2n) is 8.48. The third-order valence-electron chi connectivity index (χ3n) is 6.17. The molecule has 1 fully saturated rings. The molecule has 9 heteroatoms. The van der Waals surface area contributed by atoms with Gasteiger partial charge in [-0.05, 0) is 69.4 Å². The molecule has 0 amide bonds. The Labute approximate surface area is 196 Å². The number of fused-ring (bicyclic) bond motifs is 1. The molecule has 2 aliphatic heterocycles. The number of nitrogens with one attached hydrogen (secondary N) is 1. The monoisotopic (exact) mass is 465 g/mol. The first-order valence-corrected chi connectivity index (χ1v) is 11.8. The molecule has 0 radical (unpaired) electrons. The largest absolute Gasteiger partial charge is 0.454 e. The van der Waals surface area contributed by atoms with E-state index in [-0.39, 0.29) is 18.4 Å². The van der Waals surface area contributed by atoms with E-state index in [9.17, 15) is 4.79 Å². The molecule has 1 aromatic heterocycles. The number of anilines is 4. The molecule has 3 heterocycles. The van der Waals surface area contributed by atoms with Crippen LogP contribution in [0.1, 0.15) is 28.1 Å². The number of ether oxygens (including phenoxy) is 2. The Hall–Kier alpha value is -3.30. The van der Waals surface area contributed by atoms with Crippen molar-refractivity contribution < 1.29 is 14.3 Å². The molecule has 8 nitrogen and oxygen atoms in total. The van der Waals surface area contributed by atoms with Crippen molar-refractivity contribution in [2.75, 3.05) is 49.9 Å². The van der Waals surface area contributed by atoms with Crippen molar-refractivity contribution in [1.29, 1.82) is 0 Å². The molecule has 0 bridgehead atoms. The van der Waals surface area contributed by atoms with Crippen molar-refractivity contribution in [3.05, 3.63) is 52.9 Å². The number of nitrogen functional groups attached to an aromatic ring is 1. The molecule has 5 rings (SSSR count). The minimum Gasteiger partial charge on any atom is -0.454 e. The first kappa shape index (κ1) is 21.5. The SMILES string of the molecule is CN(C)C1CCN(c2ccc(Nc3nc(N)c(C(=O)c4ccc5c(c4)OCO5)s3)cc2)CC1. The van der Waals surface area contributed by atoms with Gasteiger partial charge in [0, 0.05) is 36.1 Å². The normalized spacial score (nSPS) is 15.8. The Balaban J connectivity index is 1.25. The molecule has 0 unspecified atom stereocenters. The number of benzene rings is 2. The number of aromatic nitrogens is 1. The number of hydrogen-bond acceptors (Lipinski definition) is 9. The van der Waals surface area contributed by atoms with Gasteiger partial charge in [-0.3, -0.25) is 4.79 Å². The molecule has 0 spiro atoms. The number of carbonyl (C=O) groups is 1. The van der Waals surface area contributed by atoms with Crippen LogP contribution in [0.25, 0.3) is 0 Å². The summed E-state index contributed by atoms with van der Waals surface area (Å²) in [6, 6.07) is 14.1. The zero-order chi connectivity index (χ0) is 22.9. The average molecular weight is 466 g/mol. The lowest BCUT2D eigenvalue weighted by Gasteiger charge is -2.36. The lowest BCUT2D eigenvalue weighted by molar-refractivity contribution is 0.104. The number of carbonyl (C=O) groups excluding carboxylic acids is 1. The van der Waals surface area contributed by atoms with Gasteiger partial charge in [-0.15, -0.1) is 0 Å². The summed E-state index contributed by atoms with van der Waals surface area (Å²) in [6.45, 7) is 2.28. The minimum atomic E-state index is -0.187. The topological polar surface area (TPSA) is 93.0 Å². The van der Waals surface area contributed by atoms with Crippen LogP contribution in [-0.4, -0.2) is 55.7 Å². The fourth-order valence-electron chi connectivity index (χ4n) is 4.24. The standard InChI is InChI=1S/C24H27N5O3S/c1-28(2)17-9-11-29(12-10-17)18-6-4-16(5-7-18)26-24-27-23(25)22(33-24)21(30)15-3-8-19-20(13-15)32-14-31-19/h3-8,13,17H,9-12,14,25H2,1-2H3,(H,26,27). The van der Waals surface area contributed by atoms with Crippen molar-refractivity contribution in [2.24, 2.45) is 0 Å². The van der Waals surface area contributed by atoms with Gasteiger partial charge in [-0.25, -0.2) is 4.98 Å². The quantitative estimate of drug-likeness (QED) is 0.529. The smallest absolute Gasteiger partial charge is 0.231 e. The van der Waals surface area contributed by atoms with Crippen LogP contribution in [0, 0.1) is 0 Å². The van der Waals surface area contributed by atoms with Crippen LogP contribution in [0.4, 0.5) is 22.3 Å². The van der Waals surface area contributed by atoms with E-state index in [4.69, 9.17) is 15.2 Å². The zero-order valence-corrected chi connectivity index (χ0v) is 19.5. The van der Waals surface area contributed by atoms with Crippen LogP contribution < -0.4 is 25.4 Å². The second kappa shape index (κ2) is 8.92. The Morgan fingerprint density at radius 3 is 2.58 bits per heavy atom. The lowest BCUT2D eigenvalue weighted by Crippen LogP contribution is -2.41. The highest BCUT2D eigenvalue weighted by Gasteiger charge is 2.22. The highest BCUT2D eigenvalue weighted by atomic mass is 32.1. The van der Waals surface area contributed by atoms with Gasteiger partial charge >= 0.3 is 0 Å². The van der Waals surface area contributed by atoms with Crippen molar-refractivity contribution in [3.63, 3.8) is 0 Å². The van der Waals surface area contributed by atoms with Gasteiger partial charge in [0.05, 0.1) is 0 Å². The molecule has 0 saturated carbocycles. The number of ketones is 1. The molecule has 3 N–H and O–H groups in total. The van der Waals surface area contributed by atoms with E-state index in [2.05, 4.69) is 46.3 Å². The van der Waals surface area contributed by atoms with Gasteiger partial charge in [0.1, 0.15) is 10.7 Å². The third-order valence-corrected chi connectivity index (χ3v) is 7.16. The maximum Gasteiger partial charge on any atom is 0.231 e. The van der Waals surface area contributed by atoms with E-state index in [0.717, 1.165) is 18.8 Å². The summed E-state index contributed by atoms with van der Waals surface area (Å²) < 4.78 is 10.7. The molecule has 3 aromatic rings. The number of thiazole rings is 1. The summed E-state index contributed by atoms with van der Waals surface area (Å²) in [7, 11) is 4.31. The lowest BCUT2D eigenvalue weighted by atomic mass is 10.0. The van der Waals surface area contributed by atoms with E-state index in [1.165, 1.54) is 29.9 Å². The van der Waals surface area contributed by atoms with Gasteiger partial charge in [0.25, 0.3) is 0 Å². The highest BCUT2D eigenvalue weighted by molar-refractivity contribution is 7.18. The predicted octanol–water partition coefficient (Wildman–Crippen LogP) is 3.96. The molecular formula is C24H27N5O3S. The van der Waals surface area contributed by atoms with E-state index in [1.807, 2.05) is 12.1 Å². The summed E-state index contributed by atoms with van der Waals surface area (Å²) in [5.74, 6) is 1.23. The maximum absolute atomic E-state index is 13.0. The van der Waals surface area contributed by atoms with E-state index < -0.39 is 0 Å². The van der Waals surface area contributed by atoms with Gasteiger partial charge in [0.2, 0.25) is 12.6 Å². The van der Waals surface area contributed by atoms with Crippen molar-refractivity contribution in [3.8, 4) is 11.5 Å². The fourth-order valence-corrected chi connectivity index (χ4v) is 5.10. The van der Waals surface area contributed by atoms with Crippen LogP contribution >= 0.6 is 11.3 Å². The zero-order valence-electron chi connectivity index (χ0n) is 18.7. The summed E-state index contributed by atoms with van der Waals surface area (Å²) in [4.78, 5) is 22.5. The van der Waals surface area contributed by atoms with Gasteiger partial charge < -0.3 is 30.3 Å². The summed E-state index contributed by atoms with van der Waals surface area (Å²) >= 11 is 1.24. The Morgan fingerprint density at radius 2 is 1.85 bits per heavy atom. The molecule has 2 aliphatic rings. The van der Waals surface area contributed by atoms with Gasteiger partial charge in [0.15, 0.2) is 16.6 Å². The summed E-state index contributed by atoms with van der Waals surface area (Å²) in [5, 5.41) is 3.85. The van der Waals surface area contributed by atoms with Crippen LogP contribution in [0.3, 0.4) is 0 Å². The van der Waals surface area contributed by atoms with Crippen molar-refractivity contribution >= 4 is 39.4 Å². The van der Waals surface area contributed by atoms with Crippen LogP contribution in [0.5, 0.6) is 11.5 Å². The first-order chi connectivity index (χ1) is 16.0. The number of nitrogens with two attached hydrogens (primary N) is 1. The van der Waals surface area contributed by atoms with Crippen molar-refractivity contribution in [2.45, 2.75) is 18.9 Å². The molecule has 2 aromatic carbocycles. The molecule has 0 atom stereocenters. The van der Waals surface area contributed by atoms with Crippen molar-refractivity contribution in [1.82, 2.24) is 9.88 Å². The van der Waals surface area contributed by atoms with Gasteiger partial charge in [-0.2, -0.15) is 0 Å². The number of nitrogens with zero attached hydrogens (tertiary/aromatic N) is 3. The van der Waals surface area contributed by atoms with E-state index in [1.54, 1.807) is 18.2 Å². The minimum absolute atomic E-state index is 0.164. The van der Waals surface area contributed by atoms with Crippen LogP contribution in [-0.2, 0) is 0 Å². The van der Waals surface area contributed by atoms with Gasteiger partial charge in [-0.1, -0.05) is 11.3 Å². The van der Waals surface area contributed by atoms with E-state index >= 15 is 0 Å². The predicted molar refractivity (Wildman–Crippen MR) is 131 cm³/mol. The average Bonchev–Trinajstić information content (AvgIpc) is 3.44. The molecule has 33 heavy (non-hydrogen) atoms. The Kier molecular flexibility index (Phi) is 5.82.